The average Bonchev–Trinajstić information content (AvgIpc) is 3.31. The number of thiophene rings is 1. The molecule has 7 nitrogen and oxygen atoms in total. The van der Waals surface area contributed by atoms with Gasteiger partial charge in [0.25, 0.3) is 0 Å². The lowest BCUT2D eigenvalue weighted by Crippen LogP contribution is -2.49. The minimum Gasteiger partial charge on any atom is -0.475 e. The Morgan fingerprint density at radius 3 is 2.12 bits per heavy atom. The molecule has 2 fully saturated rings. The average molecular weight is 520 g/mol. The molecule has 2 unspecified atom stereocenters. The van der Waals surface area contributed by atoms with Gasteiger partial charge in [-0.3, -0.25) is 9.80 Å². The first-order valence-electron chi connectivity index (χ1n) is 9.98. The summed E-state index contributed by atoms with van der Waals surface area (Å²) < 4.78 is 69.3. The molecule has 3 heterocycles. The van der Waals surface area contributed by atoms with Crippen LogP contribution in [-0.4, -0.2) is 89.2 Å². The number of ether oxygens (including phenoxy) is 1. The number of hydrogen-bond acceptors (Lipinski definition) is 6. The maximum absolute atomic E-state index is 10.6. The number of halogens is 6. The van der Waals surface area contributed by atoms with E-state index in [1.54, 1.807) is 0 Å². The fourth-order valence-corrected chi connectivity index (χ4v) is 4.25. The molecule has 34 heavy (non-hydrogen) atoms. The summed E-state index contributed by atoms with van der Waals surface area (Å²) in [5.74, 6) is -5.51. The van der Waals surface area contributed by atoms with Crippen molar-refractivity contribution in [1.29, 1.82) is 0 Å². The summed E-state index contributed by atoms with van der Waals surface area (Å²) in [5.41, 5.74) is 0. The van der Waals surface area contributed by atoms with Gasteiger partial charge in [-0.05, 0) is 25.5 Å². The second kappa shape index (κ2) is 13.1. The van der Waals surface area contributed by atoms with E-state index in [1.807, 2.05) is 17.4 Å². The molecule has 0 amide bonds. The van der Waals surface area contributed by atoms with Crippen molar-refractivity contribution in [1.82, 2.24) is 9.80 Å². The number of carboxylic acid groups (broad SMARTS) is 2. The first-order chi connectivity index (χ1) is 15.6. The quantitative estimate of drug-likeness (QED) is 0.451. The zero-order valence-electron chi connectivity index (χ0n) is 18.2. The largest absolute Gasteiger partial charge is 0.490 e. The van der Waals surface area contributed by atoms with E-state index in [-0.39, 0.29) is 0 Å². The van der Waals surface area contributed by atoms with Crippen molar-refractivity contribution in [3.8, 4) is 0 Å². The molecule has 0 aromatic carbocycles. The van der Waals surface area contributed by atoms with Crippen LogP contribution in [0.4, 0.5) is 26.3 Å². The van der Waals surface area contributed by atoms with E-state index in [1.165, 1.54) is 35.8 Å². The fraction of sp³-hybridized carbons (Fsp3) is 0.600. The molecule has 2 atom stereocenters. The van der Waals surface area contributed by atoms with Crippen LogP contribution in [0.5, 0.6) is 0 Å². The Labute approximate surface area is 196 Å². The summed E-state index contributed by atoms with van der Waals surface area (Å²) in [6.45, 7) is 12.4. The molecule has 2 aliphatic rings. The van der Waals surface area contributed by atoms with E-state index in [9.17, 15) is 26.3 Å². The predicted molar refractivity (Wildman–Crippen MR) is 112 cm³/mol. The molecule has 0 aliphatic carbocycles. The number of hydrogen-bond donors (Lipinski definition) is 2. The first-order valence-corrected chi connectivity index (χ1v) is 10.8. The van der Waals surface area contributed by atoms with Crippen LogP contribution < -0.4 is 0 Å². The molecular weight excluding hydrogens is 494 g/mol. The molecule has 1 aromatic heterocycles. The van der Waals surface area contributed by atoms with Gasteiger partial charge in [0.2, 0.25) is 0 Å². The number of carbonyl (C=O) groups is 2. The van der Waals surface area contributed by atoms with Gasteiger partial charge in [-0.2, -0.15) is 26.3 Å². The number of aliphatic carboxylic acids is 2. The molecule has 194 valence electrons. The van der Waals surface area contributed by atoms with Crippen molar-refractivity contribution in [2.24, 2.45) is 0 Å². The van der Waals surface area contributed by atoms with Crippen LogP contribution in [0, 0.1) is 6.92 Å². The highest BCUT2D eigenvalue weighted by Gasteiger charge is 2.39. The van der Waals surface area contributed by atoms with Gasteiger partial charge in [0.1, 0.15) is 0 Å². The molecule has 0 spiro atoms. The summed E-state index contributed by atoms with van der Waals surface area (Å²) in [5, 5.41) is 14.2. The van der Waals surface area contributed by atoms with E-state index >= 15 is 0 Å². The first kappa shape index (κ1) is 29.9. The Morgan fingerprint density at radius 2 is 1.68 bits per heavy atom. The number of carboxylic acids is 2. The molecule has 0 radical (unpaired) electrons. The number of nitrogens with zero attached hydrogens (tertiary/aromatic N) is 2. The molecule has 0 saturated carbocycles. The van der Waals surface area contributed by atoms with Crippen LogP contribution in [0.25, 0.3) is 0 Å². The minimum absolute atomic E-state index is 0.405. The maximum Gasteiger partial charge on any atom is 0.490 e. The Bertz CT molecular complexity index is 790. The summed E-state index contributed by atoms with van der Waals surface area (Å²) in [7, 11) is 0. The summed E-state index contributed by atoms with van der Waals surface area (Å²) >= 11 is 1.93. The van der Waals surface area contributed by atoms with E-state index in [2.05, 4.69) is 35.4 Å². The smallest absolute Gasteiger partial charge is 0.475 e. The zero-order chi connectivity index (χ0) is 26.1. The van der Waals surface area contributed by atoms with E-state index in [0.29, 0.717) is 18.8 Å². The second-order valence-electron chi connectivity index (χ2n) is 7.48. The van der Waals surface area contributed by atoms with E-state index in [4.69, 9.17) is 24.5 Å². The van der Waals surface area contributed by atoms with Gasteiger partial charge in [-0.15, -0.1) is 17.9 Å². The monoisotopic (exact) mass is 520 g/mol. The molecule has 2 saturated heterocycles. The highest BCUT2D eigenvalue weighted by Crippen LogP contribution is 2.26. The van der Waals surface area contributed by atoms with Gasteiger partial charge in [0.15, 0.2) is 0 Å². The van der Waals surface area contributed by atoms with Gasteiger partial charge < -0.3 is 14.9 Å². The van der Waals surface area contributed by atoms with Crippen molar-refractivity contribution < 1.29 is 50.9 Å². The van der Waals surface area contributed by atoms with Crippen molar-refractivity contribution in [2.75, 3.05) is 32.8 Å². The van der Waals surface area contributed by atoms with Crippen LogP contribution in [0.15, 0.2) is 24.8 Å². The SMILES string of the molecule is C=CCOC1CC2CN(Cc3ccc(C)s3)CCN2C1.O=C(O)C(F)(F)F.O=C(O)C(F)(F)F. The van der Waals surface area contributed by atoms with Crippen LogP contribution in [-0.2, 0) is 20.9 Å². The van der Waals surface area contributed by atoms with Crippen molar-refractivity contribution in [3.05, 3.63) is 34.5 Å². The maximum atomic E-state index is 10.6. The third kappa shape index (κ3) is 10.8. The van der Waals surface area contributed by atoms with Crippen molar-refractivity contribution >= 4 is 23.3 Å². The zero-order valence-corrected chi connectivity index (χ0v) is 19.0. The number of alkyl halides is 6. The lowest BCUT2D eigenvalue weighted by Gasteiger charge is -2.37. The van der Waals surface area contributed by atoms with Crippen LogP contribution in [0.2, 0.25) is 0 Å². The second-order valence-corrected chi connectivity index (χ2v) is 8.85. The molecule has 0 bridgehead atoms. The van der Waals surface area contributed by atoms with Gasteiger partial charge in [-0.25, -0.2) is 9.59 Å². The standard InChI is InChI=1S/C16H24N2OS.2C2HF3O2/c1-3-8-19-15-9-14-10-17(6-7-18(14)11-15)12-16-5-4-13(2)20-16;2*3-2(4,5)1(6)7/h3-5,14-15H,1,6-12H2,2H3;2*(H,6,7). The Hall–Kier alpha value is -2.16. The third-order valence-electron chi connectivity index (χ3n) is 4.77. The minimum atomic E-state index is -5.08. The Kier molecular flexibility index (Phi) is 11.5. The Morgan fingerprint density at radius 1 is 1.12 bits per heavy atom. The molecular formula is C20H26F6N2O5S. The normalized spacial score (nSPS) is 20.9. The highest BCUT2D eigenvalue weighted by atomic mass is 32.1. The lowest BCUT2D eigenvalue weighted by molar-refractivity contribution is -0.193. The van der Waals surface area contributed by atoms with Crippen molar-refractivity contribution in [3.63, 3.8) is 0 Å². The van der Waals surface area contributed by atoms with Crippen LogP contribution in [0.1, 0.15) is 16.2 Å². The Balaban J connectivity index is 0.000000343. The van der Waals surface area contributed by atoms with Crippen LogP contribution >= 0.6 is 11.3 Å². The summed E-state index contributed by atoms with van der Waals surface area (Å²) in [6, 6.07) is 5.18. The molecule has 2 aliphatic heterocycles. The summed E-state index contributed by atoms with van der Waals surface area (Å²) in [4.78, 5) is 25.9. The molecule has 3 rings (SSSR count). The van der Waals surface area contributed by atoms with E-state index < -0.39 is 24.3 Å². The number of rotatable bonds is 5. The van der Waals surface area contributed by atoms with E-state index in [0.717, 1.165) is 13.1 Å². The third-order valence-corrected chi connectivity index (χ3v) is 5.76. The topological polar surface area (TPSA) is 90.3 Å². The number of piperazine rings is 1. The number of fused-ring (bicyclic) bond motifs is 1. The highest BCUT2D eigenvalue weighted by molar-refractivity contribution is 7.11. The molecule has 1 aromatic rings. The summed E-state index contributed by atoms with van der Waals surface area (Å²) in [6.07, 6.45) is -6.74. The van der Waals surface area contributed by atoms with Gasteiger partial charge in [0, 0.05) is 48.5 Å². The fourth-order valence-electron chi connectivity index (χ4n) is 3.32. The molecule has 2 N–H and O–H groups in total. The van der Waals surface area contributed by atoms with Crippen molar-refractivity contribution in [2.45, 2.75) is 44.4 Å². The molecule has 14 heteroatoms. The van der Waals surface area contributed by atoms with Gasteiger partial charge in [0.05, 0.1) is 12.7 Å². The van der Waals surface area contributed by atoms with Gasteiger partial charge in [-0.1, -0.05) is 6.08 Å². The lowest BCUT2D eigenvalue weighted by atomic mass is 10.1. The van der Waals surface area contributed by atoms with Gasteiger partial charge >= 0.3 is 24.3 Å². The number of aryl methyl sites for hydroxylation is 1. The van der Waals surface area contributed by atoms with Crippen LogP contribution in [0.3, 0.4) is 0 Å². The predicted octanol–water partition coefficient (Wildman–Crippen LogP) is 3.78.